The van der Waals surface area contributed by atoms with Gasteiger partial charge in [-0.25, -0.2) is 0 Å². The fourth-order valence-electron chi connectivity index (χ4n) is 2.00. The predicted molar refractivity (Wildman–Crippen MR) is 104 cm³/mol. The van der Waals surface area contributed by atoms with Crippen molar-refractivity contribution in [3.63, 3.8) is 0 Å². The van der Waals surface area contributed by atoms with Crippen molar-refractivity contribution >= 4 is 56.4 Å². The van der Waals surface area contributed by atoms with Crippen LogP contribution in [-0.4, -0.2) is 11.1 Å². The average molecular weight is 423 g/mol. The van der Waals surface area contributed by atoms with Gasteiger partial charge in [-0.3, -0.25) is 10.1 Å². The standard InChI is InChI=1S/C17H13BrClN3OS/c18-13-5-1-11(2-6-13)9-15-16(23)21-17(24-15)22-20-10-12-3-7-14(19)8-4-12/h1-9,20H,10H2,(H,21,22,23). The molecule has 1 aliphatic heterocycles. The summed E-state index contributed by atoms with van der Waals surface area (Å²) in [5.41, 5.74) is 4.97. The Morgan fingerprint density at radius 3 is 2.58 bits per heavy atom. The molecule has 1 saturated heterocycles. The molecular weight excluding hydrogens is 410 g/mol. The van der Waals surface area contributed by atoms with E-state index >= 15 is 0 Å². The molecule has 0 aromatic heterocycles. The highest BCUT2D eigenvalue weighted by Gasteiger charge is 2.23. The molecule has 1 fully saturated rings. The molecule has 122 valence electrons. The van der Waals surface area contributed by atoms with E-state index < -0.39 is 0 Å². The topological polar surface area (TPSA) is 53.5 Å². The molecule has 4 nitrogen and oxygen atoms in total. The summed E-state index contributed by atoms with van der Waals surface area (Å²) in [5.74, 6) is -0.144. The Labute approximate surface area is 157 Å². The molecule has 7 heteroatoms. The van der Waals surface area contributed by atoms with Gasteiger partial charge < -0.3 is 5.43 Å². The number of amidine groups is 1. The van der Waals surface area contributed by atoms with E-state index in [9.17, 15) is 4.79 Å². The number of rotatable bonds is 4. The molecule has 1 aliphatic rings. The maximum atomic E-state index is 12.0. The summed E-state index contributed by atoms with van der Waals surface area (Å²) in [7, 11) is 0. The van der Waals surface area contributed by atoms with Crippen LogP contribution in [-0.2, 0) is 11.3 Å². The van der Waals surface area contributed by atoms with Crippen LogP contribution in [0.1, 0.15) is 11.1 Å². The number of amides is 1. The monoisotopic (exact) mass is 421 g/mol. The van der Waals surface area contributed by atoms with E-state index in [0.717, 1.165) is 15.6 Å². The second-order valence-electron chi connectivity index (χ2n) is 4.99. The third-order valence-electron chi connectivity index (χ3n) is 3.20. The van der Waals surface area contributed by atoms with Crippen molar-refractivity contribution in [3.8, 4) is 0 Å². The van der Waals surface area contributed by atoms with Gasteiger partial charge in [0.15, 0.2) is 5.17 Å². The van der Waals surface area contributed by atoms with Gasteiger partial charge in [0, 0.05) is 9.50 Å². The summed E-state index contributed by atoms with van der Waals surface area (Å²) >= 11 is 10.6. The van der Waals surface area contributed by atoms with E-state index in [1.807, 2.05) is 54.6 Å². The minimum Gasteiger partial charge on any atom is -0.303 e. The number of halogens is 2. The molecule has 0 spiro atoms. The van der Waals surface area contributed by atoms with E-state index in [4.69, 9.17) is 11.6 Å². The fourth-order valence-corrected chi connectivity index (χ4v) is 3.19. The summed E-state index contributed by atoms with van der Waals surface area (Å²) in [6.07, 6.45) is 1.84. The van der Waals surface area contributed by atoms with Gasteiger partial charge in [0.05, 0.1) is 11.4 Å². The number of hydrogen-bond acceptors (Lipinski definition) is 4. The van der Waals surface area contributed by atoms with Gasteiger partial charge in [-0.05, 0) is 53.2 Å². The Kier molecular flexibility index (Phi) is 5.60. The Balaban J connectivity index is 1.61. The smallest absolute Gasteiger partial charge is 0.264 e. The number of hydrogen-bond donors (Lipinski definition) is 2. The van der Waals surface area contributed by atoms with Gasteiger partial charge in [-0.15, -0.1) is 0 Å². The van der Waals surface area contributed by atoms with Gasteiger partial charge in [0.25, 0.3) is 5.91 Å². The molecule has 24 heavy (non-hydrogen) atoms. The fraction of sp³-hybridized carbons (Fsp3) is 0.0588. The van der Waals surface area contributed by atoms with Crippen LogP contribution in [0.2, 0.25) is 5.02 Å². The zero-order valence-electron chi connectivity index (χ0n) is 12.4. The summed E-state index contributed by atoms with van der Waals surface area (Å²) in [4.78, 5) is 12.6. The van der Waals surface area contributed by atoms with Gasteiger partial charge in [0.1, 0.15) is 0 Å². The van der Waals surface area contributed by atoms with E-state index in [1.165, 1.54) is 11.8 Å². The Morgan fingerprint density at radius 1 is 1.17 bits per heavy atom. The molecule has 0 bridgehead atoms. The predicted octanol–water partition coefficient (Wildman–Crippen LogP) is 4.37. The lowest BCUT2D eigenvalue weighted by Crippen LogP contribution is -2.22. The third-order valence-corrected chi connectivity index (χ3v) is 4.89. The minimum absolute atomic E-state index is 0.144. The van der Waals surface area contributed by atoms with E-state index in [0.29, 0.717) is 21.6 Å². The highest BCUT2D eigenvalue weighted by molar-refractivity contribution is 9.10. The van der Waals surface area contributed by atoms with Crippen molar-refractivity contribution < 1.29 is 4.79 Å². The first-order valence-corrected chi connectivity index (χ1v) is 9.10. The average Bonchev–Trinajstić information content (AvgIpc) is 2.91. The van der Waals surface area contributed by atoms with Gasteiger partial charge >= 0.3 is 0 Å². The lowest BCUT2D eigenvalue weighted by molar-refractivity contribution is -0.115. The first-order valence-electron chi connectivity index (χ1n) is 7.11. The van der Waals surface area contributed by atoms with Crippen LogP contribution in [0, 0.1) is 0 Å². The second kappa shape index (κ2) is 7.88. The lowest BCUT2D eigenvalue weighted by atomic mass is 10.2. The van der Waals surface area contributed by atoms with Crippen LogP contribution in [0.5, 0.6) is 0 Å². The lowest BCUT2D eigenvalue weighted by Gasteiger charge is -2.01. The number of nitrogens with one attached hydrogen (secondary N) is 2. The quantitative estimate of drug-likeness (QED) is 0.568. The molecule has 0 unspecified atom stereocenters. The van der Waals surface area contributed by atoms with Gasteiger partial charge in [-0.2, -0.15) is 5.10 Å². The Hall–Kier alpha value is -1.76. The zero-order chi connectivity index (χ0) is 16.9. The third kappa shape index (κ3) is 4.63. The van der Waals surface area contributed by atoms with Crippen molar-refractivity contribution in [2.45, 2.75) is 6.54 Å². The van der Waals surface area contributed by atoms with Crippen molar-refractivity contribution in [3.05, 3.63) is 74.1 Å². The molecule has 3 rings (SSSR count). The molecule has 1 heterocycles. The highest BCUT2D eigenvalue weighted by atomic mass is 79.9. The minimum atomic E-state index is -0.144. The van der Waals surface area contributed by atoms with Crippen LogP contribution in [0.25, 0.3) is 6.08 Å². The van der Waals surface area contributed by atoms with E-state index in [-0.39, 0.29) is 5.91 Å². The molecule has 2 N–H and O–H groups in total. The summed E-state index contributed by atoms with van der Waals surface area (Å²) in [5, 5.41) is 8.20. The van der Waals surface area contributed by atoms with Crippen LogP contribution in [0.4, 0.5) is 0 Å². The molecule has 2 aromatic rings. The van der Waals surface area contributed by atoms with Crippen molar-refractivity contribution in [1.29, 1.82) is 0 Å². The molecule has 0 saturated carbocycles. The summed E-state index contributed by atoms with van der Waals surface area (Å²) in [6, 6.07) is 15.3. The van der Waals surface area contributed by atoms with Crippen molar-refractivity contribution in [2.75, 3.05) is 0 Å². The Bertz CT molecular complexity index is 804. The van der Waals surface area contributed by atoms with Crippen LogP contribution in [0.15, 0.2) is 63.0 Å². The molecular formula is C17H13BrClN3OS. The first-order chi connectivity index (χ1) is 11.6. The number of hydrazone groups is 1. The maximum Gasteiger partial charge on any atom is 0.264 e. The molecule has 0 atom stereocenters. The normalized spacial score (nSPS) is 17.3. The number of carbonyl (C=O) groups excluding carboxylic acids is 1. The maximum absolute atomic E-state index is 12.0. The van der Waals surface area contributed by atoms with Crippen LogP contribution in [0.3, 0.4) is 0 Å². The Morgan fingerprint density at radius 2 is 1.88 bits per heavy atom. The number of thioether (sulfide) groups is 1. The van der Waals surface area contributed by atoms with E-state index in [1.54, 1.807) is 0 Å². The first kappa shape index (κ1) is 17.1. The molecule has 0 radical (unpaired) electrons. The molecule has 2 aromatic carbocycles. The SMILES string of the molecule is O=C1N/C(=N\NCc2ccc(Cl)cc2)SC1=Cc1ccc(Br)cc1. The molecule has 0 aliphatic carbocycles. The zero-order valence-corrected chi connectivity index (χ0v) is 15.6. The number of carbonyl (C=O) groups is 1. The number of nitrogens with zero attached hydrogens (tertiary/aromatic N) is 1. The van der Waals surface area contributed by atoms with Crippen LogP contribution >= 0.6 is 39.3 Å². The summed E-state index contributed by atoms with van der Waals surface area (Å²) in [6.45, 7) is 0.558. The van der Waals surface area contributed by atoms with Crippen molar-refractivity contribution in [2.24, 2.45) is 5.10 Å². The number of benzene rings is 2. The van der Waals surface area contributed by atoms with E-state index in [2.05, 4.69) is 31.8 Å². The molecule has 1 amide bonds. The highest BCUT2D eigenvalue weighted by Crippen LogP contribution is 2.26. The summed E-state index contributed by atoms with van der Waals surface area (Å²) < 4.78 is 1.00. The van der Waals surface area contributed by atoms with Gasteiger partial charge in [0.2, 0.25) is 0 Å². The van der Waals surface area contributed by atoms with Crippen LogP contribution < -0.4 is 10.7 Å². The largest absolute Gasteiger partial charge is 0.303 e. The van der Waals surface area contributed by atoms with Crippen molar-refractivity contribution in [1.82, 2.24) is 10.7 Å². The second-order valence-corrected chi connectivity index (χ2v) is 7.38. The van der Waals surface area contributed by atoms with Gasteiger partial charge in [-0.1, -0.05) is 51.8 Å².